The third kappa shape index (κ3) is 6.48. The number of aromatic nitrogens is 1. The predicted octanol–water partition coefficient (Wildman–Crippen LogP) is 0.689. The Hall–Kier alpha value is -4.02. The van der Waals surface area contributed by atoms with Crippen molar-refractivity contribution < 1.29 is 33.8 Å². The summed E-state index contributed by atoms with van der Waals surface area (Å²) in [7, 11) is 0. The highest BCUT2D eigenvalue weighted by Crippen LogP contribution is 2.23. The molecule has 10 nitrogen and oxygen atoms in total. The summed E-state index contributed by atoms with van der Waals surface area (Å²) in [6.45, 7) is -0.765. The average molecular weight is 453 g/mol. The molecule has 0 fully saturated rings. The quantitative estimate of drug-likeness (QED) is 0.310. The van der Waals surface area contributed by atoms with Crippen LogP contribution in [0.5, 0.6) is 5.75 Å². The van der Waals surface area contributed by atoms with Gasteiger partial charge in [-0.2, -0.15) is 0 Å². The number of ether oxygens (including phenoxy) is 1. The first kappa shape index (κ1) is 23.6. The largest absolute Gasteiger partial charge is 0.491 e. The lowest BCUT2D eigenvalue weighted by atomic mass is 10.0. The van der Waals surface area contributed by atoms with Crippen LogP contribution in [-0.4, -0.2) is 58.7 Å². The van der Waals surface area contributed by atoms with Gasteiger partial charge in [-0.3, -0.25) is 14.4 Å². The van der Waals surface area contributed by atoms with Crippen molar-refractivity contribution in [3.63, 3.8) is 0 Å². The molecule has 0 spiro atoms. The topological polar surface area (TPSA) is 151 Å². The molecule has 3 aromatic rings. The third-order valence-corrected chi connectivity index (χ3v) is 4.64. The molecule has 1 unspecified atom stereocenters. The molecule has 1 atom stereocenters. The van der Waals surface area contributed by atoms with E-state index < -0.39 is 30.2 Å². The van der Waals surface area contributed by atoms with Crippen LogP contribution in [0.3, 0.4) is 0 Å². The zero-order valence-corrected chi connectivity index (χ0v) is 17.6. The maximum Gasteiger partial charge on any atom is 0.252 e. The molecule has 1 heterocycles. The zero-order valence-electron chi connectivity index (χ0n) is 17.6. The summed E-state index contributed by atoms with van der Waals surface area (Å²) in [5, 5.41) is 22.8. The molecule has 2 aromatic carbocycles. The van der Waals surface area contributed by atoms with Crippen LogP contribution < -0.4 is 15.4 Å². The Bertz CT molecular complexity index is 1060. The van der Waals surface area contributed by atoms with Gasteiger partial charge in [-0.15, -0.1) is 0 Å². The van der Waals surface area contributed by atoms with E-state index in [4.69, 9.17) is 14.3 Å². The lowest BCUT2D eigenvalue weighted by molar-refractivity contribution is -0.132. The minimum atomic E-state index is -1.56. The van der Waals surface area contributed by atoms with Gasteiger partial charge < -0.3 is 30.0 Å². The van der Waals surface area contributed by atoms with Gasteiger partial charge in [-0.05, 0) is 35.4 Å². The van der Waals surface area contributed by atoms with Gasteiger partial charge in [0.05, 0.1) is 18.8 Å². The van der Waals surface area contributed by atoms with E-state index in [9.17, 15) is 19.5 Å². The number of ketones is 1. The molecule has 0 aliphatic carbocycles. The van der Waals surface area contributed by atoms with Crippen molar-refractivity contribution in [2.75, 3.05) is 19.8 Å². The van der Waals surface area contributed by atoms with Crippen molar-refractivity contribution in [2.24, 2.45) is 0 Å². The van der Waals surface area contributed by atoms with Crippen LogP contribution >= 0.6 is 0 Å². The number of oxazole rings is 1. The summed E-state index contributed by atoms with van der Waals surface area (Å²) >= 11 is 0. The first-order valence-electron chi connectivity index (χ1n) is 10.0. The normalized spacial score (nSPS) is 11.5. The SMILES string of the molecule is O=C(NC(C(=O)CO)C(=O)NCc1cocn1)c1ccc(-c2ccc(OCCO)cc2)cc1. The second-order valence-corrected chi connectivity index (χ2v) is 6.90. The van der Waals surface area contributed by atoms with E-state index in [1.165, 1.54) is 12.7 Å². The van der Waals surface area contributed by atoms with Crippen LogP contribution in [-0.2, 0) is 16.1 Å². The van der Waals surface area contributed by atoms with Gasteiger partial charge in [0.25, 0.3) is 11.8 Å². The van der Waals surface area contributed by atoms with Crippen LogP contribution in [0.25, 0.3) is 11.1 Å². The summed E-state index contributed by atoms with van der Waals surface area (Å²) in [5.41, 5.74) is 2.41. The molecule has 0 saturated heterocycles. The van der Waals surface area contributed by atoms with E-state index in [0.717, 1.165) is 11.1 Å². The highest BCUT2D eigenvalue weighted by molar-refractivity contribution is 6.10. The van der Waals surface area contributed by atoms with Crippen LogP contribution in [0, 0.1) is 0 Å². The Morgan fingerprint density at radius 3 is 2.24 bits per heavy atom. The Kier molecular flexibility index (Phi) is 8.28. The molecule has 10 heteroatoms. The summed E-state index contributed by atoms with van der Waals surface area (Å²) < 4.78 is 10.1. The molecule has 2 amide bonds. The fraction of sp³-hybridized carbons (Fsp3) is 0.217. The van der Waals surface area contributed by atoms with Gasteiger partial charge in [0.15, 0.2) is 18.2 Å². The number of nitrogens with one attached hydrogen (secondary N) is 2. The van der Waals surface area contributed by atoms with Crippen LogP contribution in [0.15, 0.2) is 65.6 Å². The highest BCUT2D eigenvalue weighted by Gasteiger charge is 2.28. The van der Waals surface area contributed by atoms with Crippen molar-refractivity contribution in [1.82, 2.24) is 15.6 Å². The molecule has 3 rings (SSSR count). The van der Waals surface area contributed by atoms with Crippen LogP contribution in [0.4, 0.5) is 0 Å². The van der Waals surface area contributed by atoms with Crippen molar-refractivity contribution in [3.05, 3.63) is 72.4 Å². The highest BCUT2D eigenvalue weighted by atomic mass is 16.5. The van der Waals surface area contributed by atoms with Crippen molar-refractivity contribution >= 4 is 17.6 Å². The Morgan fingerprint density at radius 1 is 1.00 bits per heavy atom. The van der Waals surface area contributed by atoms with Gasteiger partial charge in [0, 0.05) is 5.56 Å². The molecule has 0 saturated carbocycles. The Balaban J connectivity index is 1.64. The van der Waals surface area contributed by atoms with E-state index in [1.807, 2.05) is 12.1 Å². The number of aliphatic hydroxyl groups is 2. The van der Waals surface area contributed by atoms with Crippen LogP contribution in [0.1, 0.15) is 16.1 Å². The van der Waals surface area contributed by atoms with E-state index >= 15 is 0 Å². The zero-order chi connectivity index (χ0) is 23.6. The third-order valence-electron chi connectivity index (χ3n) is 4.64. The molecule has 4 N–H and O–H groups in total. The van der Waals surface area contributed by atoms with Crippen molar-refractivity contribution in [1.29, 1.82) is 0 Å². The van der Waals surface area contributed by atoms with E-state index in [0.29, 0.717) is 11.4 Å². The molecule has 1 aromatic heterocycles. The number of hydrogen-bond donors (Lipinski definition) is 4. The Morgan fingerprint density at radius 2 is 1.67 bits per heavy atom. The van der Waals surface area contributed by atoms with Gasteiger partial charge in [0.1, 0.15) is 25.2 Å². The molecule has 0 aliphatic rings. The second-order valence-electron chi connectivity index (χ2n) is 6.90. The van der Waals surface area contributed by atoms with Gasteiger partial charge in [-0.1, -0.05) is 24.3 Å². The summed E-state index contributed by atoms with van der Waals surface area (Å²) in [5.74, 6) is -1.63. The number of nitrogens with zero attached hydrogens (tertiary/aromatic N) is 1. The smallest absolute Gasteiger partial charge is 0.252 e. The predicted molar refractivity (Wildman–Crippen MR) is 116 cm³/mol. The number of carbonyl (C=O) groups excluding carboxylic acids is 3. The average Bonchev–Trinajstić information content (AvgIpc) is 3.38. The van der Waals surface area contributed by atoms with E-state index in [2.05, 4.69) is 15.6 Å². The molecule has 0 radical (unpaired) electrons. The summed E-state index contributed by atoms with van der Waals surface area (Å²) in [6, 6.07) is 12.3. The number of rotatable bonds is 11. The number of hydrogen-bond acceptors (Lipinski definition) is 8. The molecule has 172 valence electrons. The molecular formula is C23H23N3O7. The van der Waals surface area contributed by atoms with Gasteiger partial charge in [0.2, 0.25) is 0 Å². The molecule has 0 aliphatic heterocycles. The number of aliphatic hydroxyl groups excluding tert-OH is 2. The first-order valence-corrected chi connectivity index (χ1v) is 10.0. The lowest BCUT2D eigenvalue weighted by Crippen LogP contribution is -2.52. The minimum absolute atomic E-state index is 0.00105. The molecule has 33 heavy (non-hydrogen) atoms. The van der Waals surface area contributed by atoms with Gasteiger partial charge >= 0.3 is 0 Å². The number of Topliss-reactive ketones (excluding diaryl/α,β-unsaturated/α-hetero) is 1. The Labute approximate surface area is 189 Å². The first-order chi connectivity index (χ1) is 16.0. The minimum Gasteiger partial charge on any atom is -0.491 e. The standard InChI is InChI=1S/C23H23N3O7/c27-9-10-33-19-7-5-16(6-8-19)15-1-3-17(4-2-15)22(30)26-21(20(29)12-28)23(31)24-11-18-13-32-14-25-18/h1-8,13-14,21,27-28H,9-12H2,(H,24,31)(H,26,30). The fourth-order valence-corrected chi connectivity index (χ4v) is 2.92. The number of carbonyl (C=O) groups is 3. The fourth-order valence-electron chi connectivity index (χ4n) is 2.92. The number of benzene rings is 2. The summed E-state index contributed by atoms with van der Waals surface area (Å²) in [6.07, 6.45) is 2.53. The maximum atomic E-state index is 12.6. The second kappa shape index (κ2) is 11.6. The van der Waals surface area contributed by atoms with Crippen molar-refractivity contribution in [3.8, 4) is 16.9 Å². The maximum absolute atomic E-state index is 12.6. The number of amides is 2. The summed E-state index contributed by atoms with van der Waals surface area (Å²) in [4.78, 5) is 40.9. The van der Waals surface area contributed by atoms with E-state index in [-0.39, 0.29) is 25.3 Å². The monoisotopic (exact) mass is 453 g/mol. The van der Waals surface area contributed by atoms with Crippen LogP contribution in [0.2, 0.25) is 0 Å². The lowest BCUT2D eigenvalue weighted by Gasteiger charge is -2.16. The van der Waals surface area contributed by atoms with Crippen molar-refractivity contribution in [2.45, 2.75) is 12.6 Å². The molecule has 0 bridgehead atoms. The van der Waals surface area contributed by atoms with Gasteiger partial charge in [-0.25, -0.2) is 4.98 Å². The molecular weight excluding hydrogens is 430 g/mol. The van der Waals surface area contributed by atoms with E-state index in [1.54, 1.807) is 36.4 Å².